The quantitative estimate of drug-likeness (QED) is 0.776. The minimum atomic E-state index is 0.834. The van der Waals surface area contributed by atoms with Gasteiger partial charge in [-0.1, -0.05) is 0 Å². The van der Waals surface area contributed by atoms with E-state index in [4.69, 9.17) is 4.98 Å². The van der Waals surface area contributed by atoms with Crippen LogP contribution in [0.25, 0.3) is 21.9 Å². The van der Waals surface area contributed by atoms with Gasteiger partial charge >= 0.3 is 0 Å². The third kappa shape index (κ3) is 2.15. The average molecular weight is 285 g/mol. The average Bonchev–Trinajstić information content (AvgIpc) is 2.91. The Kier molecular flexibility index (Phi) is 3.06. The summed E-state index contributed by atoms with van der Waals surface area (Å²) >= 11 is 1.46. The summed E-state index contributed by atoms with van der Waals surface area (Å²) < 4.78 is 4.41. The van der Waals surface area contributed by atoms with E-state index >= 15 is 0 Å². The maximum atomic E-state index is 4.73. The lowest BCUT2D eigenvalue weighted by Gasteiger charge is -2.25. The molecule has 102 valence electrons. The summed E-state index contributed by atoms with van der Waals surface area (Å²) in [6.07, 6.45) is 0. The van der Waals surface area contributed by atoms with Crippen molar-refractivity contribution in [1.29, 1.82) is 0 Å². The highest BCUT2D eigenvalue weighted by Gasteiger charge is 2.14. The van der Waals surface area contributed by atoms with Crippen LogP contribution in [0.15, 0.2) is 23.6 Å². The Morgan fingerprint density at radius 1 is 1.10 bits per heavy atom. The van der Waals surface area contributed by atoms with Gasteiger partial charge in [0.15, 0.2) is 0 Å². The molecular weight excluding hydrogens is 270 g/mol. The van der Waals surface area contributed by atoms with Gasteiger partial charge < -0.3 is 5.32 Å². The van der Waals surface area contributed by atoms with Crippen molar-refractivity contribution in [3.63, 3.8) is 0 Å². The van der Waals surface area contributed by atoms with E-state index in [0.29, 0.717) is 0 Å². The molecule has 0 aliphatic carbocycles. The number of rotatable bonds is 2. The molecular formula is C14H15N5S. The van der Waals surface area contributed by atoms with Crippen LogP contribution in [0, 0.1) is 0 Å². The molecule has 0 bridgehead atoms. The molecule has 5 nitrogen and oxygen atoms in total. The summed E-state index contributed by atoms with van der Waals surface area (Å²) in [7, 11) is 0. The summed E-state index contributed by atoms with van der Waals surface area (Å²) in [5, 5.41) is 6.45. The fraction of sp³-hybridized carbons (Fsp3) is 0.357. The van der Waals surface area contributed by atoms with Gasteiger partial charge in [0.25, 0.3) is 0 Å². The minimum Gasteiger partial charge on any atom is -0.314 e. The molecule has 2 aromatic heterocycles. The molecule has 4 rings (SSSR count). The van der Waals surface area contributed by atoms with Crippen LogP contribution >= 0.6 is 11.5 Å². The van der Waals surface area contributed by atoms with E-state index in [1.165, 1.54) is 11.5 Å². The fourth-order valence-corrected chi connectivity index (χ4v) is 3.19. The van der Waals surface area contributed by atoms with E-state index in [9.17, 15) is 0 Å². The van der Waals surface area contributed by atoms with Crippen molar-refractivity contribution in [1.82, 2.24) is 24.6 Å². The lowest BCUT2D eigenvalue weighted by Crippen LogP contribution is -2.43. The highest BCUT2D eigenvalue weighted by atomic mass is 32.1. The van der Waals surface area contributed by atoms with Crippen LogP contribution in [0.4, 0.5) is 0 Å². The number of fused-ring (bicyclic) bond motifs is 3. The number of piperazine rings is 1. The molecule has 0 atom stereocenters. The molecule has 1 saturated heterocycles. The second-order valence-corrected chi connectivity index (χ2v) is 5.70. The zero-order chi connectivity index (χ0) is 13.4. The number of hydrogen-bond acceptors (Lipinski definition) is 6. The molecule has 3 heterocycles. The molecule has 1 aromatic carbocycles. The molecule has 3 aromatic rings. The fourth-order valence-electron chi connectivity index (χ4n) is 2.66. The first-order valence-electron chi connectivity index (χ1n) is 6.83. The standard InChI is InChI=1S/C14H15N5S/c1-2-12-14(10-3-8-20-18-11(1)10)17-13(16-12)9-19-6-4-15-5-7-19/h1-3,8,15H,4-7,9H2. The van der Waals surface area contributed by atoms with Crippen molar-refractivity contribution in [2.75, 3.05) is 26.2 Å². The first-order chi connectivity index (χ1) is 9.90. The van der Waals surface area contributed by atoms with Crippen LogP contribution in [0.2, 0.25) is 0 Å². The van der Waals surface area contributed by atoms with Crippen LogP contribution in [0.1, 0.15) is 5.82 Å². The van der Waals surface area contributed by atoms with Gasteiger partial charge in [-0.2, -0.15) is 4.37 Å². The lowest BCUT2D eigenvalue weighted by atomic mass is 10.2. The molecule has 1 aliphatic rings. The maximum absolute atomic E-state index is 4.73. The summed E-state index contributed by atoms with van der Waals surface area (Å²) in [5.41, 5.74) is 2.95. The van der Waals surface area contributed by atoms with Gasteiger partial charge in [-0.15, -0.1) is 0 Å². The topological polar surface area (TPSA) is 53.9 Å². The largest absolute Gasteiger partial charge is 0.314 e. The second kappa shape index (κ2) is 5.05. The number of imidazole rings is 1. The molecule has 0 saturated carbocycles. The monoisotopic (exact) mass is 285 g/mol. The minimum absolute atomic E-state index is 0.834. The Morgan fingerprint density at radius 2 is 1.95 bits per heavy atom. The number of nitrogens with zero attached hydrogens (tertiary/aromatic N) is 4. The van der Waals surface area contributed by atoms with Crippen LogP contribution in [0.3, 0.4) is 0 Å². The van der Waals surface area contributed by atoms with Crippen molar-refractivity contribution in [2.45, 2.75) is 6.54 Å². The van der Waals surface area contributed by atoms with Crippen molar-refractivity contribution in [2.24, 2.45) is 0 Å². The molecule has 1 aliphatic heterocycles. The Labute approximate surface area is 120 Å². The van der Waals surface area contributed by atoms with E-state index < -0.39 is 0 Å². The summed E-state index contributed by atoms with van der Waals surface area (Å²) in [5.74, 6) is 0.918. The van der Waals surface area contributed by atoms with E-state index in [1.807, 2.05) is 17.5 Å². The molecule has 0 amide bonds. The highest BCUT2D eigenvalue weighted by molar-refractivity contribution is 7.03. The van der Waals surface area contributed by atoms with E-state index in [1.54, 1.807) is 0 Å². The molecule has 1 N–H and O–H groups in total. The molecule has 0 radical (unpaired) electrons. The third-order valence-electron chi connectivity index (χ3n) is 3.68. The van der Waals surface area contributed by atoms with Gasteiger partial charge in [-0.25, -0.2) is 9.97 Å². The Bertz CT molecular complexity index is 747. The molecule has 1 fully saturated rings. The van der Waals surface area contributed by atoms with E-state index in [0.717, 1.165) is 60.5 Å². The van der Waals surface area contributed by atoms with Crippen molar-refractivity contribution < 1.29 is 0 Å². The zero-order valence-corrected chi connectivity index (χ0v) is 11.9. The smallest absolute Gasteiger partial charge is 0.143 e. The van der Waals surface area contributed by atoms with Crippen LogP contribution < -0.4 is 5.32 Å². The second-order valence-electron chi connectivity index (χ2n) is 5.03. The maximum Gasteiger partial charge on any atom is 0.143 e. The number of nitrogens with one attached hydrogen (secondary N) is 1. The van der Waals surface area contributed by atoms with E-state index in [2.05, 4.69) is 25.6 Å². The van der Waals surface area contributed by atoms with Crippen LogP contribution in [-0.4, -0.2) is 45.4 Å². The van der Waals surface area contributed by atoms with Gasteiger partial charge in [0.2, 0.25) is 0 Å². The number of benzene rings is 1. The van der Waals surface area contributed by atoms with Gasteiger partial charge in [0, 0.05) is 36.9 Å². The predicted octanol–water partition coefficient (Wildman–Crippen LogP) is 1.64. The molecule has 0 unspecified atom stereocenters. The molecule has 20 heavy (non-hydrogen) atoms. The van der Waals surface area contributed by atoms with Crippen molar-refractivity contribution in [3.05, 3.63) is 29.4 Å². The normalized spacial score (nSPS) is 17.0. The summed E-state index contributed by atoms with van der Waals surface area (Å²) in [6, 6.07) is 6.13. The van der Waals surface area contributed by atoms with Crippen LogP contribution in [-0.2, 0) is 6.54 Å². The van der Waals surface area contributed by atoms with E-state index in [-0.39, 0.29) is 0 Å². The number of aromatic nitrogens is 3. The third-order valence-corrected chi connectivity index (χ3v) is 4.24. The predicted molar refractivity (Wildman–Crippen MR) is 80.9 cm³/mol. The first-order valence-corrected chi connectivity index (χ1v) is 7.66. The summed E-state index contributed by atoms with van der Waals surface area (Å²) in [4.78, 5) is 11.8. The van der Waals surface area contributed by atoms with Gasteiger partial charge in [0.1, 0.15) is 11.3 Å². The molecule has 0 spiro atoms. The van der Waals surface area contributed by atoms with Crippen molar-refractivity contribution >= 4 is 33.5 Å². The first kappa shape index (κ1) is 12.1. The number of hydrogen-bond donors (Lipinski definition) is 1. The molecule has 6 heteroatoms. The Morgan fingerprint density at radius 3 is 2.85 bits per heavy atom. The Balaban J connectivity index is 1.72. The Hall–Kier alpha value is -1.63. The van der Waals surface area contributed by atoms with Crippen LogP contribution in [0.5, 0.6) is 0 Å². The summed E-state index contributed by atoms with van der Waals surface area (Å²) in [6.45, 7) is 5.06. The van der Waals surface area contributed by atoms with Gasteiger partial charge in [-0.3, -0.25) is 4.90 Å². The SMILES string of the molecule is c1cc2c(ccc3nc(CN4CCNCC4)nc32)ns1. The van der Waals surface area contributed by atoms with Gasteiger partial charge in [-0.05, 0) is 29.7 Å². The van der Waals surface area contributed by atoms with Gasteiger partial charge in [0.05, 0.1) is 17.6 Å². The van der Waals surface area contributed by atoms with Crippen molar-refractivity contribution in [3.8, 4) is 0 Å². The zero-order valence-electron chi connectivity index (χ0n) is 11.0. The highest BCUT2D eigenvalue weighted by Crippen LogP contribution is 2.23. The lowest BCUT2D eigenvalue weighted by molar-refractivity contribution is 0.229.